The molecule has 0 saturated carbocycles. The van der Waals surface area contributed by atoms with E-state index in [1.165, 1.54) is 28.8 Å². The summed E-state index contributed by atoms with van der Waals surface area (Å²) in [6.07, 6.45) is 1.28. The van der Waals surface area contributed by atoms with Crippen LogP contribution in [0.1, 0.15) is 25.0 Å². The highest BCUT2D eigenvalue weighted by atomic mass is 35.5. The molecule has 2 atom stereocenters. The van der Waals surface area contributed by atoms with Crippen LogP contribution in [0.4, 0.5) is 14.7 Å². The number of nitrogens with two attached hydrogens (primary N) is 1. The van der Waals surface area contributed by atoms with Crippen LogP contribution >= 0.6 is 11.6 Å². The van der Waals surface area contributed by atoms with Crippen LogP contribution in [-0.2, 0) is 0 Å². The number of rotatable bonds is 7. The molecule has 6 nitrogen and oxygen atoms in total. The van der Waals surface area contributed by atoms with Crippen LogP contribution in [0.15, 0.2) is 54.7 Å². The Balaban J connectivity index is 1.48. The van der Waals surface area contributed by atoms with Gasteiger partial charge in [-0.1, -0.05) is 30.7 Å². The highest BCUT2D eigenvalue weighted by molar-refractivity contribution is 6.32. The molecular weight excluding hydrogens is 438 g/mol. The number of nitrogens with zero attached hydrogens (tertiary/aromatic N) is 3. The Morgan fingerprint density at radius 2 is 1.91 bits per heavy atom. The van der Waals surface area contributed by atoms with Gasteiger partial charge in [-0.3, -0.25) is 0 Å². The first-order valence-corrected chi connectivity index (χ1v) is 10.4. The molecule has 2 heterocycles. The summed E-state index contributed by atoms with van der Waals surface area (Å²) >= 11 is 6.18. The molecule has 0 aliphatic heterocycles. The van der Waals surface area contributed by atoms with Gasteiger partial charge in [-0.2, -0.15) is 4.98 Å². The minimum absolute atomic E-state index is 0.0616. The summed E-state index contributed by atoms with van der Waals surface area (Å²) in [5.74, 6) is -1.10. The van der Waals surface area contributed by atoms with Gasteiger partial charge >= 0.3 is 0 Å². The number of benzene rings is 2. The Hall–Kier alpha value is -3.23. The smallest absolute Gasteiger partial charge is 0.240 e. The molecule has 0 saturated heterocycles. The van der Waals surface area contributed by atoms with Crippen LogP contribution in [0.5, 0.6) is 5.75 Å². The lowest BCUT2D eigenvalue weighted by Crippen LogP contribution is -2.13. The van der Waals surface area contributed by atoms with Crippen LogP contribution in [0.2, 0.25) is 5.02 Å². The van der Waals surface area contributed by atoms with Crippen molar-refractivity contribution in [1.29, 1.82) is 0 Å². The van der Waals surface area contributed by atoms with E-state index >= 15 is 4.39 Å². The summed E-state index contributed by atoms with van der Waals surface area (Å²) in [7, 11) is 0. The first-order valence-electron chi connectivity index (χ1n) is 10.00. The lowest BCUT2D eigenvalue weighted by Gasteiger charge is -2.20. The van der Waals surface area contributed by atoms with Crippen molar-refractivity contribution in [3.63, 3.8) is 0 Å². The zero-order chi connectivity index (χ0) is 22.8. The first kappa shape index (κ1) is 22.0. The summed E-state index contributed by atoms with van der Waals surface area (Å²) in [5, 5.41) is 14.6. The van der Waals surface area contributed by atoms with E-state index in [9.17, 15) is 9.50 Å². The van der Waals surface area contributed by atoms with Crippen LogP contribution in [0.25, 0.3) is 16.8 Å². The third kappa shape index (κ3) is 4.51. The van der Waals surface area contributed by atoms with E-state index in [4.69, 9.17) is 22.1 Å². The number of ether oxygens (including phenoxy) is 1. The molecular formula is C23H21ClF2N4O2. The van der Waals surface area contributed by atoms with Gasteiger partial charge in [0.2, 0.25) is 5.95 Å². The van der Waals surface area contributed by atoms with E-state index < -0.39 is 11.9 Å². The number of hydrogen-bond donors (Lipinski definition) is 2. The van der Waals surface area contributed by atoms with Crippen LogP contribution in [-0.4, -0.2) is 26.3 Å². The Kier molecular flexibility index (Phi) is 6.25. The van der Waals surface area contributed by atoms with Crippen molar-refractivity contribution in [2.45, 2.75) is 19.4 Å². The minimum atomic E-state index is -0.798. The molecule has 0 spiro atoms. The van der Waals surface area contributed by atoms with E-state index in [0.717, 1.165) is 0 Å². The second kappa shape index (κ2) is 9.10. The summed E-state index contributed by atoms with van der Waals surface area (Å²) < 4.78 is 35.5. The number of aliphatic hydroxyl groups is 1. The highest BCUT2D eigenvalue weighted by Gasteiger charge is 2.19. The van der Waals surface area contributed by atoms with Crippen molar-refractivity contribution in [3.8, 4) is 16.9 Å². The molecule has 2 aromatic heterocycles. The van der Waals surface area contributed by atoms with Crippen molar-refractivity contribution in [1.82, 2.24) is 14.6 Å². The maximum absolute atomic E-state index is 15.2. The Bertz CT molecular complexity index is 1250. The van der Waals surface area contributed by atoms with Gasteiger partial charge in [0.25, 0.3) is 0 Å². The molecule has 4 aromatic rings. The number of fused-ring (bicyclic) bond motifs is 1. The monoisotopic (exact) mass is 458 g/mol. The lowest BCUT2D eigenvalue weighted by atomic mass is 9.95. The van der Waals surface area contributed by atoms with Crippen molar-refractivity contribution in [2.75, 3.05) is 12.3 Å². The van der Waals surface area contributed by atoms with Gasteiger partial charge in [-0.15, -0.1) is 5.10 Å². The number of halogens is 3. The van der Waals surface area contributed by atoms with Gasteiger partial charge in [-0.05, 0) is 59.9 Å². The summed E-state index contributed by atoms with van der Waals surface area (Å²) in [6.45, 7) is 1.98. The van der Waals surface area contributed by atoms with Crippen LogP contribution < -0.4 is 10.5 Å². The molecule has 4 rings (SSSR count). The number of nitrogen functional groups attached to an aromatic ring is 1. The van der Waals surface area contributed by atoms with Crippen LogP contribution in [0.3, 0.4) is 0 Å². The quantitative estimate of drug-likeness (QED) is 0.405. The maximum Gasteiger partial charge on any atom is 0.240 e. The number of aliphatic hydroxyl groups excluding tert-OH is 1. The normalized spacial score (nSPS) is 13.3. The molecule has 0 radical (unpaired) electrons. The van der Waals surface area contributed by atoms with Crippen LogP contribution in [0, 0.1) is 17.6 Å². The van der Waals surface area contributed by atoms with Gasteiger partial charge in [0.1, 0.15) is 5.82 Å². The molecule has 166 valence electrons. The molecule has 0 aliphatic carbocycles. The molecule has 32 heavy (non-hydrogen) atoms. The van der Waals surface area contributed by atoms with E-state index in [2.05, 4.69) is 10.1 Å². The van der Waals surface area contributed by atoms with Gasteiger partial charge in [0.05, 0.1) is 17.7 Å². The molecule has 0 unspecified atom stereocenters. The number of aromatic nitrogens is 3. The number of hydrogen-bond acceptors (Lipinski definition) is 5. The lowest BCUT2D eigenvalue weighted by molar-refractivity contribution is 0.101. The Morgan fingerprint density at radius 3 is 2.66 bits per heavy atom. The fourth-order valence-corrected chi connectivity index (χ4v) is 3.65. The first-order chi connectivity index (χ1) is 15.3. The average molecular weight is 459 g/mol. The van der Waals surface area contributed by atoms with Crippen molar-refractivity contribution >= 4 is 23.2 Å². The Morgan fingerprint density at radius 1 is 1.16 bits per heavy atom. The summed E-state index contributed by atoms with van der Waals surface area (Å²) in [6, 6.07) is 12.2. The van der Waals surface area contributed by atoms with E-state index in [1.807, 2.05) is 6.92 Å². The van der Waals surface area contributed by atoms with E-state index in [-0.39, 0.29) is 35.1 Å². The molecule has 9 heteroatoms. The molecule has 0 amide bonds. The average Bonchev–Trinajstić information content (AvgIpc) is 3.15. The van der Waals surface area contributed by atoms with Gasteiger partial charge < -0.3 is 15.6 Å². The topological polar surface area (TPSA) is 85.7 Å². The minimum Gasteiger partial charge on any atom is -0.489 e. The zero-order valence-corrected chi connectivity index (χ0v) is 17.9. The van der Waals surface area contributed by atoms with Gasteiger partial charge in [0, 0.05) is 11.8 Å². The SMILES string of the molecule is C[C@@H](CCOc1c(Cl)ccc(-c2ccn3nc(N)nc3c2)c1F)[C@@H](O)c1ccc(F)cc1. The van der Waals surface area contributed by atoms with Crippen molar-refractivity contribution in [2.24, 2.45) is 5.92 Å². The van der Waals surface area contributed by atoms with Crippen molar-refractivity contribution < 1.29 is 18.6 Å². The third-order valence-corrected chi connectivity index (χ3v) is 5.58. The maximum atomic E-state index is 15.2. The number of anilines is 1. The largest absolute Gasteiger partial charge is 0.489 e. The molecule has 0 bridgehead atoms. The second-order valence-electron chi connectivity index (χ2n) is 7.54. The molecule has 2 aromatic carbocycles. The zero-order valence-electron chi connectivity index (χ0n) is 17.2. The van der Waals surface area contributed by atoms with E-state index in [0.29, 0.717) is 28.8 Å². The summed E-state index contributed by atoms with van der Waals surface area (Å²) in [5.41, 5.74) is 7.57. The highest BCUT2D eigenvalue weighted by Crippen LogP contribution is 2.36. The molecule has 3 N–H and O–H groups in total. The molecule has 0 aliphatic rings. The predicted molar refractivity (Wildman–Crippen MR) is 118 cm³/mol. The molecule has 0 fully saturated rings. The van der Waals surface area contributed by atoms with Gasteiger partial charge in [-0.25, -0.2) is 13.3 Å². The fraction of sp³-hybridized carbons (Fsp3) is 0.217. The predicted octanol–water partition coefficient (Wildman–Crippen LogP) is 5.05. The second-order valence-corrected chi connectivity index (χ2v) is 7.94. The third-order valence-electron chi connectivity index (χ3n) is 5.28. The standard InChI is InChI=1S/C23H21ClF2N4O2/c1-13(21(31)14-2-4-16(25)5-3-14)9-11-32-22-18(24)7-6-17(20(22)26)15-8-10-30-19(12-15)28-23(27)29-30/h2-8,10,12-13,21,31H,9,11H2,1H3,(H2,27,29)/t13-,21+/m0/s1. The van der Waals surface area contributed by atoms with Gasteiger partial charge in [0.15, 0.2) is 17.2 Å². The Labute approximate surface area is 188 Å². The summed E-state index contributed by atoms with van der Waals surface area (Å²) in [4.78, 5) is 4.09. The fourth-order valence-electron chi connectivity index (χ4n) is 3.45. The number of pyridine rings is 1. The van der Waals surface area contributed by atoms with E-state index in [1.54, 1.807) is 30.5 Å². The van der Waals surface area contributed by atoms with Crippen molar-refractivity contribution in [3.05, 3.63) is 76.9 Å².